The van der Waals surface area contributed by atoms with E-state index >= 15 is 0 Å². The van der Waals surface area contributed by atoms with E-state index in [4.69, 9.17) is 9.66 Å². The fraction of sp³-hybridized carbons (Fsp3) is 0.182. The zero-order valence-electron chi connectivity index (χ0n) is 9.53. The van der Waals surface area contributed by atoms with Crippen LogP contribution < -0.4 is 0 Å². The molecule has 0 aliphatic heterocycles. The quantitative estimate of drug-likeness (QED) is 0.825. The van der Waals surface area contributed by atoms with Gasteiger partial charge in [0.05, 0.1) is 12.7 Å². The van der Waals surface area contributed by atoms with Gasteiger partial charge in [0.15, 0.2) is 0 Å². The van der Waals surface area contributed by atoms with Gasteiger partial charge in [-0.3, -0.25) is 9.35 Å². The van der Waals surface area contributed by atoms with Gasteiger partial charge in [0.2, 0.25) is 0 Å². The molecular formula is C11H12O5S2. The molecule has 0 radical (unpaired) electrons. The average Bonchev–Trinajstić information content (AvgIpc) is 2.60. The van der Waals surface area contributed by atoms with Gasteiger partial charge in [0, 0.05) is 4.70 Å². The van der Waals surface area contributed by atoms with E-state index < -0.39 is 16.1 Å². The van der Waals surface area contributed by atoms with Crippen LogP contribution in [0.1, 0.15) is 5.56 Å². The van der Waals surface area contributed by atoms with Gasteiger partial charge >= 0.3 is 5.97 Å². The first-order chi connectivity index (χ1) is 8.25. The van der Waals surface area contributed by atoms with E-state index in [1.807, 2.05) is 29.6 Å². The van der Waals surface area contributed by atoms with Crippen LogP contribution in [-0.4, -0.2) is 30.3 Å². The van der Waals surface area contributed by atoms with Crippen LogP contribution in [-0.2, 0) is 21.3 Å². The van der Waals surface area contributed by atoms with E-state index in [0.29, 0.717) is 6.26 Å². The minimum absolute atomic E-state index is 0.105. The minimum Gasteiger partial charge on any atom is -0.481 e. The van der Waals surface area contributed by atoms with Crippen LogP contribution in [0.15, 0.2) is 29.6 Å². The number of thiophene rings is 1. The van der Waals surface area contributed by atoms with Gasteiger partial charge in [0.25, 0.3) is 10.1 Å². The number of carboxylic acid groups (broad SMARTS) is 1. The van der Waals surface area contributed by atoms with Gasteiger partial charge in [-0.1, -0.05) is 12.1 Å². The number of carboxylic acids is 1. The Kier molecular flexibility index (Phi) is 4.83. The highest BCUT2D eigenvalue weighted by Crippen LogP contribution is 2.21. The third-order valence-corrected chi connectivity index (χ3v) is 2.76. The van der Waals surface area contributed by atoms with Crippen LogP contribution in [0.3, 0.4) is 0 Å². The summed E-state index contributed by atoms with van der Waals surface area (Å²) in [6, 6.07) is 7.80. The summed E-state index contributed by atoms with van der Waals surface area (Å²) in [6.45, 7) is 0. The van der Waals surface area contributed by atoms with Gasteiger partial charge in [-0.2, -0.15) is 8.42 Å². The van der Waals surface area contributed by atoms with Crippen LogP contribution in [0.4, 0.5) is 0 Å². The Bertz CT molecular complexity index is 634. The molecule has 0 aliphatic rings. The molecule has 2 N–H and O–H groups in total. The van der Waals surface area contributed by atoms with Crippen molar-refractivity contribution >= 4 is 37.5 Å². The van der Waals surface area contributed by atoms with E-state index in [2.05, 4.69) is 0 Å². The molecule has 0 saturated carbocycles. The number of carbonyl (C=O) groups is 1. The second-order valence-corrected chi connectivity index (χ2v) is 6.01. The second-order valence-electron chi connectivity index (χ2n) is 3.60. The van der Waals surface area contributed by atoms with Crippen molar-refractivity contribution in [1.29, 1.82) is 0 Å². The van der Waals surface area contributed by atoms with Gasteiger partial charge in [-0.05, 0) is 28.5 Å². The van der Waals surface area contributed by atoms with Crippen molar-refractivity contribution in [2.75, 3.05) is 6.26 Å². The zero-order valence-corrected chi connectivity index (χ0v) is 11.2. The van der Waals surface area contributed by atoms with Gasteiger partial charge < -0.3 is 5.11 Å². The molecule has 98 valence electrons. The van der Waals surface area contributed by atoms with E-state index in [-0.39, 0.29) is 6.42 Å². The Labute approximate surface area is 108 Å². The second kappa shape index (κ2) is 5.94. The molecule has 1 heterocycles. The maximum Gasteiger partial charge on any atom is 0.307 e. The van der Waals surface area contributed by atoms with E-state index in [9.17, 15) is 13.2 Å². The molecule has 2 aromatic rings. The molecule has 0 amide bonds. The van der Waals surface area contributed by atoms with Gasteiger partial charge in [-0.15, -0.1) is 11.3 Å². The largest absolute Gasteiger partial charge is 0.481 e. The third-order valence-electron chi connectivity index (χ3n) is 1.88. The first kappa shape index (κ1) is 14.6. The summed E-state index contributed by atoms with van der Waals surface area (Å²) in [5, 5.41) is 11.8. The Hall–Kier alpha value is -1.44. The van der Waals surface area contributed by atoms with Crippen LogP contribution in [0, 0.1) is 0 Å². The lowest BCUT2D eigenvalue weighted by molar-refractivity contribution is -0.136. The number of fused-ring (bicyclic) bond motifs is 1. The molecule has 0 saturated heterocycles. The highest BCUT2D eigenvalue weighted by atomic mass is 32.2. The highest BCUT2D eigenvalue weighted by molar-refractivity contribution is 7.85. The molecule has 1 aromatic heterocycles. The molecule has 0 spiro atoms. The minimum atomic E-state index is -3.67. The van der Waals surface area contributed by atoms with Crippen LogP contribution in [0.25, 0.3) is 10.1 Å². The Morgan fingerprint density at radius 3 is 2.50 bits per heavy atom. The summed E-state index contributed by atoms with van der Waals surface area (Å²) in [4.78, 5) is 10.4. The van der Waals surface area contributed by atoms with Crippen molar-refractivity contribution in [2.45, 2.75) is 6.42 Å². The lowest BCUT2D eigenvalue weighted by Crippen LogP contribution is -1.99. The Morgan fingerprint density at radius 1 is 1.33 bits per heavy atom. The lowest BCUT2D eigenvalue weighted by Gasteiger charge is -1.96. The molecule has 0 unspecified atom stereocenters. The number of benzene rings is 1. The van der Waals surface area contributed by atoms with Gasteiger partial charge in [0.1, 0.15) is 0 Å². The first-order valence-electron chi connectivity index (χ1n) is 4.86. The SMILES string of the molecule is CS(=O)(=O)O.O=C(O)Cc1ccc2ccsc2c1. The maximum absolute atomic E-state index is 10.4. The number of hydrogen-bond acceptors (Lipinski definition) is 4. The molecule has 5 nitrogen and oxygen atoms in total. The zero-order chi connectivity index (χ0) is 13.8. The molecule has 0 atom stereocenters. The maximum atomic E-state index is 10.4. The van der Waals surface area contributed by atoms with Crippen molar-refractivity contribution in [3.05, 3.63) is 35.2 Å². The molecule has 0 bridgehead atoms. The molecule has 1 aromatic carbocycles. The molecule has 0 fully saturated rings. The summed E-state index contributed by atoms with van der Waals surface area (Å²) >= 11 is 1.64. The average molecular weight is 288 g/mol. The molecule has 18 heavy (non-hydrogen) atoms. The predicted octanol–water partition coefficient (Wildman–Crippen LogP) is 2.03. The van der Waals surface area contributed by atoms with Gasteiger partial charge in [-0.25, -0.2) is 0 Å². The fourth-order valence-corrected chi connectivity index (χ4v) is 2.14. The van der Waals surface area contributed by atoms with Crippen LogP contribution >= 0.6 is 11.3 Å². The highest BCUT2D eigenvalue weighted by Gasteiger charge is 2.01. The Morgan fingerprint density at radius 2 is 1.94 bits per heavy atom. The standard InChI is InChI=1S/C10H8O2S.CH4O3S/c11-10(12)6-7-1-2-8-3-4-13-9(8)5-7;1-5(2,3)4/h1-5H,6H2,(H,11,12);1H3,(H,2,3,4). The molecule has 0 aliphatic carbocycles. The monoisotopic (exact) mass is 288 g/mol. The van der Waals surface area contributed by atoms with Crippen molar-refractivity contribution in [2.24, 2.45) is 0 Å². The van der Waals surface area contributed by atoms with Crippen molar-refractivity contribution in [1.82, 2.24) is 0 Å². The number of hydrogen-bond donors (Lipinski definition) is 2. The topological polar surface area (TPSA) is 91.7 Å². The van der Waals surface area contributed by atoms with E-state index in [1.165, 1.54) is 5.39 Å². The predicted molar refractivity (Wildman–Crippen MR) is 70.6 cm³/mol. The molecule has 7 heteroatoms. The fourth-order valence-electron chi connectivity index (χ4n) is 1.28. The smallest absolute Gasteiger partial charge is 0.307 e. The lowest BCUT2D eigenvalue weighted by atomic mass is 10.1. The van der Waals surface area contributed by atoms with E-state index in [1.54, 1.807) is 11.3 Å². The Balaban J connectivity index is 0.000000280. The third kappa shape index (κ3) is 5.76. The summed E-state index contributed by atoms with van der Waals surface area (Å²) in [7, 11) is -3.67. The van der Waals surface area contributed by atoms with E-state index in [0.717, 1.165) is 10.3 Å². The van der Waals surface area contributed by atoms with Crippen LogP contribution in [0.2, 0.25) is 0 Å². The molecule has 2 rings (SSSR count). The summed E-state index contributed by atoms with van der Waals surface area (Å²) in [5.41, 5.74) is 0.863. The first-order valence-corrected chi connectivity index (χ1v) is 7.59. The summed E-state index contributed by atoms with van der Waals surface area (Å²) in [6.07, 6.45) is 0.820. The molecular weight excluding hydrogens is 276 g/mol. The summed E-state index contributed by atoms with van der Waals surface area (Å²) in [5.74, 6) is -0.782. The number of rotatable bonds is 2. The summed E-state index contributed by atoms with van der Waals surface area (Å²) < 4.78 is 27.0. The van der Waals surface area contributed by atoms with Crippen molar-refractivity contribution < 1.29 is 22.9 Å². The van der Waals surface area contributed by atoms with Crippen molar-refractivity contribution in [3.8, 4) is 0 Å². The van der Waals surface area contributed by atoms with Crippen molar-refractivity contribution in [3.63, 3.8) is 0 Å². The van der Waals surface area contributed by atoms with Crippen LogP contribution in [0.5, 0.6) is 0 Å². The normalized spacial score (nSPS) is 10.8. The number of aliphatic carboxylic acids is 1.